The Morgan fingerprint density at radius 3 is 2.00 bits per heavy atom. The Morgan fingerprint density at radius 2 is 1.59 bits per heavy atom. The molecule has 0 aliphatic heterocycles. The number of carboxylic acid groups (broad SMARTS) is 2. The van der Waals surface area contributed by atoms with E-state index in [4.69, 9.17) is 19.7 Å². The van der Waals surface area contributed by atoms with Crippen molar-refractivity contribution in [1.29, 1.82) is 0 Å². The standard InChI is InChI=1S/C15H25NO3.C4H4O4/c1-11(2)16-9-14(17)10-19-15-7-5-13(6-8-15)12(3)18-4;5-3(6)1-2-4(7)8/h5-8,11-12,14,16-17H,9-10H2,1-4H3;1-2H,(H,5,6)(H,7,8). The molecule has 1 aromatic rings. The van der Waals surface area contributed by atoms with Crippen molar-refractivity contribution in [2.24, 2.45) is 0 Å². The summed E-state index contributed by atoms with van der Waals surface area (Å²) >= 11 is 0. The molecule has 1 aromatic carbocycles. The van der Waals surface area contributed by atoms with Gasteiger partial charge >= 0.3 is 11.9 Å². The Labute approximate surface area is 159 Å². The number of aliphatic hydroxyl groups is 1. The van der Waals surface area contributed by atoms with Crippen LogP contribution in [0.2, 0.25) is 0 Å². The van der Waals surface area contributed by atoms with Crippen molar-refractivity contribution in [2.45, 2.75) is 39.0 Å². The van der Waals surface area contributed by atoms with Crippen molar-refractivity contribution < 1.29 is 34.4 Å². The van der Waals surface area contributed by atoms with E-state index in [1.807, 2.05) is 45.0 Å². The van der Waals surface area contributed by atoms with E-state index in [1.165, 1.54) is 0 Å². The van der Waals surface area contributed by atoms with Crippen LogP contribution in [0.3, 0.4) is 0 Å². The number of aliphatic hydroxyl groups excluding tert-OH is 1. The van der Waals surface area contributed by atoms with E-state index in [9.17, 15) is 14.7 Å². The van der Waals surface area contributed by atoms with Crippen LogP contribution in [0.1, 0.15) is 32.4 Å². The van der Waals surface area contributed by atoms with Gasteiger partial charge < -0.3 is 30.1 Å². The summed E-state index contributed by atoms with van der Waals surface area (Å²) in [5, 5.41) is 28.5. The summed E-state index contributed by atoms with van der Waals surface area (Å²) in [5.41, 5.74) is 1.11. The Kier molecular flexibility index (Phi) is 12.5. The largest absolute Gasteiger partial charge is 0.491 e. The van der Waals surface area contributed by atoms with Gasteiger partial charge in [-0.25, -0.2) is 9.59 Å². The smallest absolute Gasteiger partial charge is 0.328 e. The van der Waals surface area contributed by atoms with Crippen molar-refractivity contribution >= 4 is 11.9 Å². The summed E-state index contributed by atoms with van der Waals surface area (Å²) in [6.45, 7) is 6.92. The van der Waals surface area contributed by atoms with Gasteiger partial charge in [0.05, 0.1) is 6.10 Å². The monoisotopic (exact) mass is 383 g/mol. The Balaban J connectivity index is 0.000000713. The van der Waals surface area contributed by atoms with Crippen molar-refractivity contribution in [1.82, 2.24) is 5.32 Å². The lowest BCUT2D eigenvalue weighted by Gasteiger charge is -2.15. The molecule has 4 N–H and O–H groups in total. The normalized spacial score (nSPS) is 13.0. The van der Waals surface area contributed by atoms with Crippen LogP contribution in [0.15, 0.2) is 36.4 Å². The van der Waals surface area contributed by atoms with Crippen molar-refractivity contribution in [2.75, 3.05) is 20.3 Å². The number of ether oxygens (including phenoxy) is 2. The van der Waals surface area contributed by atoms with Crippen LogP contribution in [0, 0.1) is 0 Å². The maximum Gasteiger partial charge on any atom is 0.328 e. The first-order chi connectivity index (χ1) is 12.6. The molecule has 0 amide bonds. The summed E-state index contributed by atoms with van der Waals surface area (Å²) in [6, 6.07) is 8.11. The van der Waals surface area contributed by atoms with Crippen molar-refractivity contribution in [3.05, 3.63) is 42.0 Å². The number of hydrogen-bond acceptors (Lipinski definition) is 6. The van der Waals surface area contributed by atoms with Gasteiger partial charge in [0, 0.05) is 31.8 Å². The number of nitrogens with one attached hydrogen (secondary N) is 1. The van der Waals surface area contributed by atoms with Crippen LogP contribution < -0.4 is 10.1 Å². The molecule has 0 radical (unpaired) electrons. The predicted molar refractivity (Wildman–Crippen MR) is 101 cm³/mol. The van der Waals surface area contributed by atoms with Gasteiger partial charge in [-0.3, -0.25) is 0 Å². The van der Waals surface area contributed by atoms with Crippen LogP contribution in [0.4, 0.5) is 0 Å². The molecule has 0 spiro atoms. The van der Waals surface area contributed by atoms with Crippen LogP contribution in [-0.2, 0) is 14.3 Å². The average molecular weight is 383 g/mol. The van der Waals surface area contributed by atoms with Gasteiger partial charge in [-0.05, 0) is 24.6 Å². The second-order valence-electron chi connectivity index (χ2n) is 5.98. The average Bonchev–Trinajstić information content (AvgIpc) is 2.63. The molecular formula is C19H29NO7. The topological polar surface area (TPSA) is 125 Å². The highest BCUT2D eigenvalue weighted by atomic mass is 16.5. The number of carbonyl (C=O) groups is 2. The Hall–Kier alpha value is -2.42. The quantitative estimate of drug-likeness (QED) is 0.451. The minimum Gasteiger partial charge on any atom is -0.491 e. The molecule has 2 unspecified atom stereocenters. The summed E-state index contributed by atoms with van der Waals surface area (Å²) in [4.78, 5) is 19.1. The lowest BCUT2D eigenvalue weighted by Crippen LogP contribution is -2.35. The van der Waals surface area contributed by atoms with Crippen molar-refractivity contribution in [3.63, 3.8) is 0 Å². The molecule has 27 heavy (non-hydrogen) atoms. The molecule has 0 aliphatic carbocycles. The molecular weight excluding hydrogens is 354 g/mol. The van der Waals surface area contributed by atoms with E-state index < -0.39 is 18.0 Å². The minimum atomic E-state index is -1.26. The minimum absolute atomic E-state index is 0.0786. The van der Waals surface area contributed by atoms with Gasteiger partial charge in [-0.1, -0.05) is 26.0 Å². The number of benzene rings is 1. The highest BCUT2D eigenvalue weighted by molar-refractivity contribution is 5.89. The third-order valence-corrected chi connectivity index (χ3v) is 3.28. The summed E-state index contributed by atoms with van der Waals surface area (Å²) < 4.78 is 10.8. The molecule has 0 bridgehead atoms. The number of hydrogen-bond donors (Lipinski definition) is 4. The van der Waals surface area contributed by atoms with Gasteiger partial charge in [-0.2, -0.15) is 0 Å². The van der Waals surface area contributed by atoms with E-state index in [0.717, 1.165) is 11.3 Å². The van der Waals surface area contributed by atoms with Crippen LogP contribution in [-0.4, -0.2) is 59.7 Å². The summed E-state index contributed by atoms with van der Waals surface area (Å²) in [6.07, 6.45) is 0.694. The van der Waals surface area contributed by atoms with Gasteiger partial charge in [0.25, 0.3) is 0 Å². The van der Waals surface area contributed by atoms with E-state index >= 15 is 0 Å². The fourth-order valence-corrected chi connectivity index (χ4v) is 1.74. The number of aliphatic carboxylic acids is 2. The second kappa shape index (κ2) is 13.7. The fourth-order valence-electron chi connectivity index (χ4n) is 1.74. The van der Waals surface area contributed by atoms with E-state index in [2.05, 4.69) is 5.32 Å². The molecule has 0 fully saturated rings. The molecule has 2 atom stereocenters. The molecule has 1 rings (SSSR count). The highest BCUT2D eigenvalue weighted by Crippen LogP contribution is 2.19. The van der Waals surface area contributed by atoms with Crippen LogP contribution in [0.25, 0.3) is 0 Å². The number of methoxy groups -OCH3 is 1. The molecule has 8 heteroatoms. The van der Waals surface area contributed by atoms with Crippen LogP contribution >= 0.6 is 0 Å². The first kappa shape index (κ1) is 24.6. The van der Waals surface area contributed by atoms with E-state index in [1.54, 1.807) is 7.11 Å². The zero-order valence-corrected chi connectivity index (χ0v) is 16.1. The Morgan fingerprint density at radius 1 is 1.07 bits per heavy atom. The summed E-state index contributed by atoms with van der Waals surface area (Å²) in [7, 11) is 1.69. The van der Waals surface area contributed by atoms with Gasteiger partial charge in [-0.15, -0.1) is 0 Å². The molecule has 8 nitrogen and oxygen atoms in total. The first-order valence-electron chi connectivity index (χ1n) is 8.46. The second-order valence-corrected chi connectivity index (χ2v) is 5.98. The van der Waals surface area contributed by atoms with E-state index in [-0.39, 0.29) is 6.10 Å². The molecule has 0 aromatic heterocycles. The van der Waals surface area contributed by atoms with E-state index in [0.29, 0.717) is 31.3 Å². The van der Waals surface area contributed by atoms with Gasteiger partial charge in [0.2, 0.25) is 0 Å². The number of carboxylic acids is 2. The molecule has 0 aliphatic rings. The first-order valence-corrected chi connectivity index (χ1v) is 8.46. The number of rotatable bonds is 10. The highest BCUT2D eigenvalue weighted by Gasteiger charge is 2.07. The summed E-state index contributed by atoms with van der Waals surface area (Å²) in [5.74, 6) is -1.75. The molecule has 0 saturated heterocycles. The predicted octanol–water partition coefficient (Wildman–Crippen LogP) is 1.84. The van der Waals surface area contributed by atoms with Gasteiger partial charge in [0.15, 0.2) is 0 Å². The molecule has 0 saturated carbocycles. The zero-order valence-electron chi connectivity index (χ0n) is 16.1. The lowest BCUT2D eigenvalue weighted by atomic mass is 10.1. The third kappa shape index (κ3) is 13.4. The molecule has 0 heterocycles. The lowest BCUT2D eigenvalue weighted by molar-refractivity contribution is -0.134. The zero-order chi connectivity index (χ0) is 20.8. The third-order valence-electron chi connectivity index (χ3n) is 3.28. The van der Waals surface area contributed by atoms with Gasteiger partial charge in [0.1, 0.15) is 18.5 Å². The van der Waals surface area contributed by atoms with Crippen LogP contribution in [0.5, 0.6) is 5.75 Å². The SMILES string of the molecule is COC(C)c1ccc(OCC(O)CNC(C)C)cc1.O=C(O)C=CC(=O)O. The Bertz CT molecular complexity index is 568. The molecule has 152 valence electrons. The fraction of sp³-hybridized carbons (Fsp3) is 0.474. The van der Waals surface area contributed by atoms with Crippen molar-refractivity contribution in [3.8, 4) is 5.75 Å². The maximum absolute atomic E-state index is 9.73. The maximum atomic E-state index is 9.73.